The van der Waals surface area contributed by atoms with E-state index in [1.165, 1.54) is 28.5 Å². The van der Waals surface area contributed by atoms with Crippen molar-refractivity contribution in [3.63, 3.8) is 0 Å². The molecule has 1 saturated heterocycles. The lowest BCUT2D eigenvalue weighted by Crippen LogP contribution is -2.40. The zero-order valence-electron chi connectivity index (χ0n) is 21.5. The Morgan fingerprint density at radius 2 is 1.89 bits per heavy atom. The summed E-state index contributed by atoms with van der Waals surface area (Å²) in [7, 11) is 6.59. The number of nitrogens with zero attached hydrogens (tertiary/aromatic N) is 4. The number of hydrogen-bond acceptors (Lipinski definition) is 8. The van der Waals surface area contributed by atoms with Crippen molar-refractivity contribution in [2.75, 3.05) is 41.5 Å². The summed E-state index contributed by atoms with van der Waals surface area (Å²) in [5, 5.41) is 9.43. The Bertz CT molecular complexity index is 1070. The second kappa shape index (κ2) is 10.6. The third-order valence-electron chi connectivity index (χ3n) is 7.24. The maximum atomic E-state index is 13.0. The van der Waals surface area contributed by atoms with E-state index < -0.39 is 0 Å². The molecule has 1 aromatic rings. The number of methoxy groups -OCH3 is 3. The second-order valence-corrected chi connectivity index (χ2v) is 10.6. The van der Waals surface area contributed by atoms with Gasteiger partial charge < -0.3 is 24.4 Å². The van der Waals surface area contributed by atoms with Gasteiger partial charge in [0.05, 0.1) is 32.9 Å². The van der Waals surface area contributed by atoms with Crippen molar-refractivity contribution in [1.82, 2.24) is 20.1 Å². The van der Waals surface area contributed by atoms with Crippen LogP contribution in [0.3, 0.4) is 0 Å². The van der Waals surface area contributed by atoms with E-state index in [4.69, 9.17) is 14.2 Å². The van der Waals surface area contributed by atoms with Crippen LogP contribution in [-0.2, 0) is 4.79 Å². The van der Waals surface area contributed by atoms with Gasteiger partial charge in [0.15, 0.2) is 17.0 Å². The molecular formula is C26H35N5O4S. The number of thioether (sulfide) groups is 1. The molecule has 0 radical (unpaired) electrons. The van der Waals surface area contributed by atoms with Crippen molar-refractivity contribution in [3.8, 4) is 17.2 Å². The number of ether oxygens (including phenoxy) is 3. The van der Waals surface area contributed by atoms with Gasteiger partial charge in [0.25, 0.3) is 0 Å². The zero-order chi connectivity index (χ0) is 25.2. The molecule has 1 amide bonds. The first-order valence-electron chi connectivity index (χ1n) is 12.6. The number of piperidine rings is 1. The molecule has 5 rings (SSSR count). The van der Waals surface area contributed by atoms with Crippen molar-refractivity contribution >= 4 is 29.7 Å². The average Bonchev–Trinajstić information content (AvgIpc) is 3.47. The quantitative estimate of drug-likeness (QED) is 0.335. The van der Waals surface area contributed by atoms with Gasteiger partial charge in [0.1, 0.15) is 6.34 Å². The van der Waals surface area contributed by atoms with Gasteiger partial charge in [-0.15, -0.1) is 0 Å². The monoisotopic (exact) mass is 513 g/mol. The highest BCUT2D eigenvalue weighted by atomic mass is 32.2. The van der Waals surface area contributed by atoms with Crippen molar-refractivity contribution in [1.29, 1.82) is 0 Å². The molecule has 4 aliphatic rings. The van der Waals surface area contributed by atoms with Crippen LogP contribution in [0.1, 0.15) is 44.1 Å². The molecule has 2 atom stereocenters. The third kappa shape index (κ3) is 4.52. The normalized spacial score (nSPS) is 23.5. The van der Waals surface area contributed by atoms with Crippen LogP contribution in [0, 0.1) is 5.92 Å². The molecular weight excluding hydrogens is 478 g/mol. The summed E-state index contributed by atoms with van der Waals surface area (Å²) in [4.78, 5) is 19.0. The van der Waals surface area contributed by atoms with Crippen molar-refractivity contribution < 1.29 is 19.0 Å². The van der Waals surface area contributed by atoms with Crippen LogP contribution in [0.25, 0.3) is 5.70 Å². The van der Waals surface area contributed by atoms with Gasteiger partial charge >= 0.3 is 0 Å². The van der Waals surface area contributed by atoms with Gasteiger partial charge in [-0.05, 0) is 57.2 Å². The second-order valence-electron chi connectivity index (χ2n) is 9.40. The number of hydrazone groups is 1. The van der Waals surface area contributed by atoms with Gasteiger partial charge in [-0.3, -0.25) is 9.69 Å². The Morgan fingerprint density at radius 1 is 1.14 bits per heavy atom. The number of carbonyl (C=O) groups excluding carboxylic acids is 1. The first-order valence-corrected chi connectivity index (χ1v) is 13.4. The summed E-state index contributed by atoms with van der Waals surface area (Å²) >= 11 is 1.87. The molecule has 0 bridgehead atoms. The highest BCUT2D eigenvalue weighted by Gasteiger charge is 2.42. The van der Waals surface area contributed by atoms with Crippen LogP contribution in [-0.4, -0.2) is 74.0 Å². The van der Waals surface area contributed by atoms with Gasteiger partial charge in [-0.1, -0.05) is 11.8 Å². The molecule has 9 nitrogen and oxygen atoms in total. The Morgan fingerprint density at radius 3 is 2.56 bits per heavy atom. The van der Waals surface area contributed by atoms with E-state index in [0.717, 1.165) is 43.5 Å². The zero-order valence-corrected chi connectivity index (χ0v) is 22.3. The highest BCUT2D eigenvalue weighted by Crippen LogP contribution is 2.52. The molecule has 36 heavy (non-hydrogen) atoms. The number of nitrogens with one attached hydrogen (secondary N) is 1. The van der Waals surface area contributed by atoms with Gasteiger partial charge in [-0.2, -0.15) is 5.10 Å². The fourth-order valence-electron chi connectivity index (χ4n) is 5.32. The van der Waals surface area contributed by atoms with Crippen LogP contribution in [0.5, 0.6) is 17.2 Å². The molecule has 0 saturated carbocycles. The molecule has 3 heterocycles. The lowest BCUT2D eigenvalue weighted by Gasteiger charge is -2.28. The summed E-state index contributed by atoms with van der Waals surface area (Å²) in [5.74, 6) is 1.76. The molecule has 1 aliphatic carbocycles. The van der Waals surface area contributed by atoms with E-state index in [9.17, 15) is 4.79 Å². The number of rotatable bonds is 7. The summed E-state index contributed by atoms with van der Waals surface area (Å²) in [6, 6.07) is 3.92. The molecule has 3 aliphatic heterocycles. The number of allylic oxidation sites excluding steroid dienone is 2. The summed E-state index contributed by atoms with van der Waals surface area (Å²) < 4.78 is 16.8. The van der Waals surface area contributed by atoms with Crippen LogP contribution >= 0.6 is 11.8 Å². The standard InChI is InChI=1S/C26H35N5O4S/c1-29(25(32)17-8-7-11-27-14-17)28-16-31-20(15-30-19-9-5-6-10-23(19)36-26(30)31)18-12-21(33-2)24(35-4)22(13-18)34-3/h12-13,15-17,26-27H,5-11,14H2,1-4H3. The van der Waals surface area contributed by atoms with E-state index in [2.05, 4.69) is 26.4 Å². The van der Waals surface area contributed by atoms with Crippen LogP contribution in [0.15, 0.2) is 34.0 Å². The highest BCUT2D eigenvalue weighted by molar-refractivity contribution is 8.03. The Hall–Kier alpha value is -2.85. The SMILES string of the molecule is COc1cc(C2=CN3C4=C(CCCC4)SC3N2C=NN(C)C(=O)C2CCCNC2)cc(OC)c1OC. The topological polar surface area (TPSA) is 78.9 Å². The predicted molar refractivity (Wildman–Crippen MR) is 141 cm³/mol. The number of amides is 1. The molecule has 0 spiro atoms. The van der Waals surface area contributed by atoms with E-state index in [0.29, 0.717) is 23.8 Å². The molecule has 194 valence electrons. The minimum atomic E-state index is -0.0315. The van der Waals surface area contributed by atoms with Crippen molar-refractivity contribution in [3.05, 3.63) is 34.5 Å². The Labute approximate surface area is 217 Å². The van der Waals surface area contributed by atoms with Crippen molar-refractivity contribution in [2.45, 2.75) is 44.0 Å². The minimum Gasteiger partial charge on any atom is -0.493 e. The lowest BCUT2D eigenvalue weighted by atomic mass is 9.99. The van der Waals surface area contributed by atoms with Crippen LogP contribution < -0.4 is 19.5 Å². The summed E-state index contributed by atoms with van der Waals surface area (Å²) in [5.41, 5.74) is 3.32. The van der Waals surface area contributed by atoms with Crippen LogP contribution in [0.2, 0.25) is 0 Å². The lowest BCUT2D eigenvalue weighted by molar-refractivity contribution is -0.134. The molecule has 1 aromatic carbocycles. The van der Waals surface area contributed by atoms with Crippen LogP contribution in [0.4, 0.5) is 0 Å². The minimum absolute atomic E-state index is 0.0315. The maximum Gasteiger partial charge on any atom is 0.246 e. The van der Waals surface area contributed by atoms with E-state index in [1.807, 2.05) is 23.9 Å². The number of carbonyl (C=O) groups is 1. The first-order chi connectivity index (χ1) is 17.5. The Kier molecular flexibility index (Phi) is 7.34. The first kappa shape index (κ1) is 24.8. The summed E-state index contributed by atoms with van der Waals surface area (Å²) in [6.07, 6.45) is 10.5. The van der Waals surface area contributed by atoms with Gasteiger partial charge in [-0.25, -0.2) is 5.01 Å². The van der Waals surface area contributed by atoms with Gasteiger partial charge in [0, 0.05) is 36.0 Å². The maximum absolute atomic E-state index is 13.0. The molecule has 2 unspecified atom stereocenters. The largest absolute Gasteiger partial charge is 0.493 e. The van der Waals surface area contributed by atoms with Crippen molar-refractivity contribution in [2.24, 2.45) is 11.0 Å². The number of fused-ring (bicyclic) bond motifs is 2. The molecule has 1 N–H and O–H groups in total. The van der Waals surface area contributed by atoms with E-state index in [-0.39, 0.29) is 17.3 Å². The molecule has 10 heteroatoms. The third-order valence-corrected chi connectivity index (χ3v) is 8.63. The fraction of sp³-hybridized carbons (Fsp3) is 0.538. The smallest absolute Gasteiger partial charge is 0.246 e. The predicted octanol–water partition coefficient (Wildman–Crippen LogP) is 3.85. The summed E-state index contributed by atoms with van der Waals surface area (Å²) in [6.45, 7) is 1.68. The average molecular weight is 514 g/mol. The van der Waals surface area contributed by atoms with Gasteiger partial charge in [0.2, 0.25) is 11.7 Å². The number of benzene rings is 1. The van der Waals surface area contributed by atoms with E-state index in [1.54, 1.807) is 34.7 Å². The Balaban J connectivity index is 1.48. The number of hydrogen-bond donors (Lipinski definition) is 1. The molecule has 0 aromatic heterocycles. The molecule has 1 fully saturated rings. The fourth-order valence-corrected chi connectivity index (χ4v) is 6.76. The van der Waals surface area contributed by atoms with E-state index >= 15 is 0 Å².